The number of rotatable bonds is 19. The number of benzene rings is 2. The van der Waals surface area contributed by atoms with Crippen molar-refractivity contribution in [1.82, 2.24) is 35.1 Å². The van der Waals surface area contributed by atoms with E-state index in [0.717, 1.165) is 5.52 Å². The maximum atomic E-state index is 15.8. The smallest absolute Gasteiger partial charge is 0.325 e. The normalized spacial score (nSPS) is 13.5. The van der Waals surface area contributed by atoms with Crippen LogP contribution in [-0.2, 0) is 51.7 Å². The number of aromatic nitrogens is 4. The molecule has 286 valence electrons. The molecule has 2 aromatic heterocycles. The van der Waals surface area contributed by atoms with Crippen LogP contribution in [0.15, 0.2) is 36.5 Å². The Labute approximate surface area is 306 Å². The standard InChI is InChI=1S/C36H47FN8O8/c1-43-30-19-27(28(37)18-25(30)20-41-43)26-4-3-5-29-35(26)36(42-45(29)23-32(47)39-21-31(46)40-22-34(49)50-2)24-6-10-44(11-7-24)33(48)8-12-51-14-16-53-17-15-52-13-9-38/h3-5,18-20,24H,6-17,21-23,38H2,1-2H3,(H,39,47)(H,40,46). The third-order valence-electron chi connectivity index (χ3n) is 9.03. The summed E-state index contributed by atoms with van der Waals surface area (Å²) in [7, 11) is 3.00. The number of hydrogen-bond acceptors (Lipinski definition) is 11. The molecule has 1 fully saturated rings. The zero-order valence-electron chi connectivity index (χ0n) is 30.1. The van der Waals surface area contributed by atoms with Crippen molar-refractivity contribution in [2.24, 2.45) is 12.8 Å². The summed E-state index contributed by atoms with van der Waals surface area (Å²) >= 11 is 0. The number of carbonyl (C=O) groups is 4. The first-order valence-electron chi connectivity index (χ1n) is 17.6. The number of nitrogens with two attached hydrogens (primary N) is 1. The minimum Gasteiger partial charge on any atom is -0.468 e. The molecule has 4 aromatic rings. The first kappa shape index (κ1) is 39.2. The second kappa shape index (κ2) is 19.2. The van der Waals surface area contributed by atoms with Crippen molar-refractivity contribution in [3.63, 3.8) is 0 Å². The van der Waals surface area contributed by atoms with Gasteiger partial charge in [0.05, 0.1) is 82.6 Å². The Balaban J connectivity index is 1.28. The molecule has 1 aliphatic heterocycles. The van der Waals surface area contributed by atoms with E-state index >= 15 is 4.39 Å². The molecule has 0 bridgehead atoms. The van der Waals surface area contributed by atoms with E-state index in [-0.39, 0.29) is 44.5 Å². The van der Waals surface area contributed by atoms with Gasteiger partial charge in [0.2, 0.25) is 17.7 Å². The zero-order valence-corrected chi connectivity index (χ0v) is 30.1. The minimum absolute atomic E-state index is 0.00512. The third kappa shape index (κ3) is 10.3. The Morgan fingerprint density at radius 3 is 2.32 bits per heavy atom. The van der Waals surface area contributed by atoms with Crippen LogP contribution in [0.1, 0.15) is 30.9 Å². The molecular weight excluding hydrogens is 691 g/mol. The lowest BCUT2D eigenvalue weighted by Gasteiger charge is -2.31. The first-order valence-corrected chi connectivity index (χ1v) is 17.6. The molecule has 4 N–H and O–H groups in total. The molecule has 16 nitrogen and oxygen atoms in total. The van der Waals surface area contributed by atoms with Crippen molar-refractivity contribution >= 4 is 45.5 Å². The van der Waals surface area contributed by atoms with Crippen molar-refractivity contribution in [1.29, 1.82) is 0 Å². The molecule has 5 rings (SSSR count). The first-order chi connectivity index (χ1) is 25.7. The third-order valence-corrected chi connectivity index (χ3v) is 9.03. The lowest BCUT2D eigenvalue weighted by atomic mass is 9.88. The number of piperidine rings is 1. The summed E-state index contributed by atoms with van der Waals surface area (Å²) in [6.07, 6.45) is 3.09. The van der Waals surface area contributed by atoms with Gasteiger partial charge in [-0.3, -0.25) is 28.5 Å². The summed E-state index contributed by atoms with van der Waals surface area (Å²) in [5.74, 6) is -2.15. The fourth-order valence-corrected chi connectivity index (χ4v) is 6.29. The van der Waals surface area contributed by atoms with Crippen molar-refractivity contribution in [2.75, 3.05) is 79.5 Å². The molecule has 1 saturated heterocycles. The number of nitrogens with zero attached hydrogens (tertiary/aromatic N) is 5. The fraction of sp³-hybridized carbons (Fsp3) is 0.500. The molecule has 1 aliphatic rings. The van der Waals surface area contributed by atoms with E-state index in [0.29, 0.717) is 98.6 Å². The lowest BCUT2D eigenvalue weighted by Crippen LogP contribution is -2.40. The molecule has 0 atom stereocenters. The number of ether oxygens (including phenoxy) is 4. The van der Waals surface area contributed by atoms with E-state index in [1.807, 2.05) is 17.0 Å². The molecule has 3 heterocycles. The van der Waals surface area contributed by atoms with Gasteiger partial charge in [-0.15, -0.1) is 0 Å². The Morgan fingerprint density at radius 1 is 0.906 bits per heavy atom. The van der Waals surface area contributed by atoms with Gasteiger partial charge in [-0.25, -0.2) is 4.39 Å². The number of hydrogen-bond donors (Lipinski definition) is 3. The minimum atomic E-state index is -0.613. The SMILES string of the molecule is COC(=O)CNC(=O)CNC(=O)Cn1nc(C2CCN(C(=O)CCOCCOCCOCCN)CC2)c2c(-c3cc4c(cnn4C)cc3F)cccc21. The van der Waals surface area contributed by atoms with Crippen molar-refractivity contribution in [2.45, 2.75) is 31.7 Å². The number of methoxy groups -OCH3 is 1. The van der Waals surface area contributed by atoms with Crippen LogP contribution in [0.2, 0.25) is 0 Å². The number of nitrogens with one attached hydrogen (secondary N) is 2. The van der Waals surface area contributed by atoms with Crippen LogP contribution in [0.25, 0.3) is 32.9 Å². The van der Waals surface area contributed by atoms with Gasteiger partial charge in [-0.05, 0) is 36.6 Å². The number of fused-ring (bicyclic) bond motifs is 2. The Bertz CT molecular complexity index is 1890. The fourth-order valence-electron chi connectivity index (χ4n) is 6.29. The van der Waals surface area contributed by atoms with Gasteiger partial charge in [-0.2, -0.15) is 10.2 Å². The van der Waals surface area contributed by atoms with Crippen LogP contribution in [0.5, 0.6) is 0 Å². The van der Waals surface area contributed by atoms with Crippen LogP contribution in [0.4, 0.5) is 4.39 Å². The second-order valence-corrected chi connectivity index (χ2v) is 12.6. The van der Waals surface area contributed by atoms with Crippen LogP contribution in [0.3, 0.4) is 0 Å². The summed E-state index contributed by atoms with van der Waals surface area (Å²) in [5, 5.41) is 15.5. The maximum absolute atomic E-state index is 15.8. The summed E-state index contributed by atoms with van der Waals surface area (Å²) in [6, 6.07) is 8.67. The zero-order chi connectivity index (χ0) is 37.7. The average Bonchev–Trinajstić information content (AvgIpc) is 3.72. The highest BCUT2D eigenvalue weighted by Crippen LogP contribution is 2.39. The van der Waals surface area contributed by atoms with Gasteiger partial charge in [0.1, 0.15) is 18.9 Å². The van der Waals surface area contributed by atoms with Crippen LogP contribution < -0.4 is 16.4 Å². The van der Waals surface area contributed by atoms with Crippen LogP contribution >= 0.6 is 0 Å². The molecule has 0 aliphatic carbocycles. The van der Waals surface area contributed by atoms with Crippen molar-refractivity contribution in [3.8, 4) is 11.1 Å². The Hall–Kier alpha value is -4.97. The summed E-state index contributed by atoms with van der Waals surface area (Å²) in [5.41, 5.74) is 8.45. The topological polar surface area (TPSA) is 194 Å². The van der Waals surface area contributed by atoms with E-state index in [2.05, 4.69) is 20.5 Å². The summed E-state index contributed by atoms with van der Waals surface area (Å²) < 4.78 is 39.8. The van der Waals surface area contributed by atoms with E-state index < -0.39 is 23.6 Å². The van der Waals surface area contributed by atoms with Gasteiger partial charge >= 0.3 is 5.97 Å². The van der Waals surface area contributed by atoms with Crippen molar-refractivity contribution in [3.05, 3.63) is 48.0 Å². The molecule has 17 heteroatoms. The monoisotopic (exact) mass is 738 g/mol. The quantitative estimate of drug-likeness (QED) is 0.0926. The van der Waals surface area contributed by atoms with Gasteiger partial charge < -0.3 is 40.2 Å². The predicted octanol–water partition coefficient (Wildman–Crippen LogP) is 1.24. The van der Waals surface area contributed by atoms with Crippen molar-refractivity contribution < 1.29 is 42.5 Å². The highest BCUT2D eigenvalue weighted by atomic mass is 19.1. The van der Waals surface area contributed by atoms with E-state index in [9.17, 15) is 19.2 Å². The Kier molecular flexibility index (Phi) is 14.2. The summed E-state index contributed by atoms with van der Waals surface area (Å²) in [4.78, 5) is 51.4. The molecule has 53 heavy (non-hydrogen) atoms. The molecule has 0 unspecified atom stereocenters. The van der Waals surface area contributed by atoms with Gasteiger partial charge in [0, 0.05) is 48.9 Å². The summed E-state index contributed by atoms with van der Waals surface area (Å²) in [6.45, 7) is 3.07. The highest BCUT2D eigenvalue weighted by Gasteiger charge is 2.29. The van der Waals surface area contributed by atoms with Crippen LogP contribution in [0, 0.1) is 5.82 Å². The van der Waals surface area contributed by atoms with E-state index in [4.69, 9.17) is 25.0 Å². The second-order valence-electron chi connectivity index (χ2n) is 12.6. The number of likely N-dealkylation sites (tertiary alicyclic amines) is 1. The molecule has 0 saturated carbocycles. The number of aryl methyl sites for hydroxylation is 1. The predicted molar refractivity (Wildman–Crippen MR) is 192 cm³/mol. The molecule has 3 amide bonds. The number of halogens is 1. The molecule has 0 radical (unpaired) electrons. The van der Waals surface area contributed by atoms with Gasteiger partial charge in [0.25, 0.3) is 0 Å². The lowest BCUT2D eigenvalue weighted by molar-refractivity contribution is -0.141. The largest absolute Gasteiger partial charge is 0.468 e. The van der Waals surface area contributed by atoms with Gasteiger partial charge in [-0.1, -0.05) is 12.1 Å². The Morgan fingerprint density at radius 2 is 1.60 bits per heavy atom. The van der Waals surface area contributed by atoms with Crippen LogP contribution in [-0.4, -0.2) is 128 Å². The average molecular weight is 739 g/mol. The van der Waals surface area contributed by atoms with E-state index in [1.54, 1.807) is 34.7 Å². The number of carbonyl (C=O) groups excluding carboxylic acids is 4. The number of esters is 1. The molecule has 0 spiro atoms. The van der Waals surface area contributed by atoms with E-state index in [1.165, 1.54) is 13.2 Å². The highest BCUT2D eigenvalue weighted by molar-refractivity contribution is 6.00. The van der Waals surface area contributed by atoms with Gasteiger partial charge in [0.15, 0.2) is 0 Å². The maximum Gasteiger partial charge on any atom is 0.325 e. The number of amides is 3. The molecule has 2 aromatic carbocycles. The molecular formula is C36H47FN8O8.